The molecule has 1 aliphatic heterocycles. The second kappa shape index (κ2) is 8.68. The summed E-state index contributed by atoms with van der Waals surface area (Å²) in [6, 6.07) is 11.7. The smallest absolute Gasteiger partial charge is 0.423 e. The van der Waals surface area contributed by atoms with Crippen LogP contribution in [0, 0.1) is 17.6 Å². The van der Waals surface area contributed by atoms with Crippen molar-refractivity contribution in [3.63, 3.8) is 0 Å². The summed E-state index contributed by atoms with van der Waals surface area (Å²) in [5.41, 5.74) is 1.07. The molecule has 0 saturated heterocycles. The monoisotopic (exact) mass is 399 g/mol. The van der Waals surface area contributed by atoms with Gasteiger partial charge in [-0.25, -0.2) is 18.4 Å². The number of carbonyl (C=O) groups excluding carboxylic acids is 2. The van der Waals surface area contributed by atoms with Gasteiger partial charge < -0.3 is 9.47 Å². The Labute approximate surface area is 166 Å². The molecule has 7 heteroatoms. The fourth-order valence-corrected chi connectivity index (χ4v) is 3.11. The molecular weight excluding hydrogens is 380 g/mol. The quantitative estimate of drug-likeness (QED) is 0.705. The van der Waals surface area contributed by atoms with Gasteiger partial charge in [0.25, 0.3) is 0 Å². The van der Waals surface area contributed by atoms with Crippen LogP contribution in [-0.2, 0) is 16.0 Å². The van der Waals surface area contributed by atoms with Crippen molar-refractivity contribution in [2.45, 2.75) is 13.3 Å². The number of halogens is 2. The molecular formula is C22H19F2NO4. The van der Waals surface area contributed by atoms with E-state index in [0.717, 1.165) is 6.07 Å². The van der Waals surface area contributed by atoms with Crippen molar-refractivity contribution in [2.75, 3.05) is 7.11 Å². The van der Waals surface area contributed by atoms with Gasteiger partial charge in [0, 0.05) is 23.9 Å². The third-order valence-electron chi connectivity index (χ3n) is 4.43. The van der Waals surface area contributed by atoms with Crippen molar-refractivity contribution < 1.29 is 27.8 Å². The molecule has 0 fully saturated rings. The molecule has 0 bridgehead atoms. The first-order chi connectivity index (χ1) is 13.9. The molecule has 150 valence electrons. The normalized spacial score (nSPS) is 16.0. The fraction of sp³-hybridized carbons (Fsp3) is 0.182. The van der Waals surface area contributed by atoms with Crippen LogP contribution < -0.4 is 4.74 Å². The highest BCUT2D eigenvalue weighted by molar-refractivity contribution is 5.91. The Balaban J connectivity index is 1.87. The fourth-order valence-electron chi connectivity index (χ4n) is 3.11. The van der Waals surface area contributed by atoms with E-state index in [9.17, 15) is 18.4 Å². The van der Waals surface area contributed by atoms with Gasteiger partial charge in [0.1, 0.15) is 17.4 Å². The first kappa shape index (κ1) is 20.3. The van der Waals surface area contributed by atoms with Crippen molar-refractivity contribution in [1.82, 2.24) is 4.90 Å². The molecule has 0 spiro atoms. The number of benzene rings is 2. The summed E-state index contributed by atoms with van der Waals surface area (Å²) >= 11 is 0. The molecule has 5 nitrogen and oxygen atoms in total. The minimum Gasteiger partial charge on any atom is -0.466 e. The van der Waals surface area contributed by atoms with E-state index in [2.05, 4.69) is 0 Å². The van der Waals surface area contributed by atoms with Gasteiger partial charge in [-0.2, -0.15) is 0 Å². The van der Waals surface area contributed by atoms with E-state index in [1.54, 1.807) is 43.3 Å². The maximum Gasteiger partial charge on any atom is 0.423 e. The summed E-state index contributed by atoms with van der Waals surface area (Å²) in [6.07, 6.45) is 2.48. The Morgan fingerprint density at radius 2 is 1.72 bits per heavy atom. The minimum absolute atomic E-state index is 0.161. The Kier molecular flexibility index (Phi) is 6.07. The van der Waals surface area contributed by atoms with E-state index in [1.807, 2.05) is 0 Å². The number of esters is 1. The van der Waals surface area contributed by atoms with Crippen LogP contribution in [0.25, 0.3) is 0 Å². The molecule has 3 rings (SSSR count). The molecule has 0 saturated carbocycles. The SMILES string of the molecule is COC(=O)C1=CN(C(=O)Oc2ccccc2)C(C)=CC1Cc1cc(F)cc(F)c1. The van der Waals surface area contributed by atoms with Crippen molar-refractivity contribution in [1.29, 1.82) is 0 Å². The number of hydrogen-bond donors (Lipinski definition) is 0. The van der Waals surface area contributed by atoms with E-state index in [1.165, 1.54) is 30.3 Å². The van der Waals surface area contributed by atoms with Crippen LogP contribution in [0.4, 0.5) is 13.6 Å². The number of carbonyl (C=O) groups is 2. The zero-order valence-electron chi connectivity index (χ0n) is 15.9. The molecule has 0 N–H and O–H groups in total. The molecule has 1 heterocycles. The van der Waals surface area contributed by atoms with Gasteiger partial charge in [0.05, 0.1) is 12.7 Å². The standard InChI is InChI=1S/C22H19F2NO4/c1-14-8-16(9-15-10-17(23)12-18(24)11-15)20(21(26)28-2)13-25(14)22(27)29-19-6-4-3-5-7-19/h3-8,10-13,16H,9H2,1-2H3. The molecule has 2 aromatic rings. The van der Waals surface area contributed by atoms with Crippen LogP contribution in [0.2, 0.25) is 0 Å². The van der Waals surface area contributed by atoms with Crippen LogP contribution in [-0.4, -0.2) is 24.1 Å². The van der Waals surface area contributed by atoms with Gasteiger partial charge in [0.2, 0.25) is 0 Å². The molecule has 0 aromatic heterocycles. The van der Waals surface area contributed by atoms with Gasteiger partial charge in [-0.15, -0.1) is 0 Å². The lowest BCUT2D eigenvalue weighted by Crippen LogP contribution is -2.33. The summed E-state index contributed by atoms with van der Waals surface area (Å²) in [4.78, 5) is 26.0. The second-order valence-electron chi connectivity index (χ2n) is 6.52. The largest absolute Gasteiger partial charge is 0.466 e. The predicted octanol–water partition coefficient (Wildman–Crippen LogP) is 4.60. The highest BCUT2D eigenvalue weighted by Gasteiger charge is 2.29. The molecule has 2 aromatic carbocycles. The Morgan fingerprint density at radius 3 is 2.34 bits per heavy atom. The Morgan fingerprint density at radius 1 is 1.07 bits per heavy atom. The number of ether oxygens (including phenoxy) is 2. The maximum absolute atomic E-state index is 13.5. The lowest BCUT2D eigenvalue weighted by Gasteiger charge is -2.28. The van der Waals surface area contributed by atoms with E-state index in [0.29, 0.717) is 17.0 Å². The summed E-state index contributed by atoms with van der Waals surface area (Å²) in [5, 5.41) is 0. The molecule has 1 amide bonds. The Hall–Kier alpha value is -3.48. The molecule has 1 atom stereocenters. The summed E-state index contributed by atoms with van der Waals surface area (Å²) in [7, 11) is 1.22. The van der Waals surface area contributed by atoms with Crippen LogP contribution in [0.15, 0.2) is 72.1 Å². The molecule has 0 radical (unpaired) electrons. The van der Waals surface area contributed by atoms with Crippen LogP contribution >= 0.6 is 0 Å². The maximum atomic E-state index is 13.5. The first-order valence-electron chi connectivity index (χ1n) is 8.87. The number of para-hydroxylation sites is 1. The molecule has 29 heavy (non-hydrogen) atoms. The molecule has 0 aliphatic carbocycles. The Bertz CT molecular complexity index is 965. The van der Waals surface area contributed by atoms with Crippen molar-refractivity contribution in [2.24, 2.45) is 5.92 Å². The lowest BCUT2D eigenvalue weighted by atomic mass is 9.89. The van der Waals surface area contributed by atoms with Crippen LogP contribution in [0.3, 0.4) is 0 Å². The number of methoxy groups -OCH3 is 1. The van der Waals surface area contributed by atoms with Crippen LogP contribution in [0.5, 0.6) is 5.75 Å². The molecule has 1 unspecified atom stereocenters. The van der Waals surface area contributed by atoms with Crippen molar-refractivity contribution in [3.05, 3.63) is 89.3 Å². The number of rotatable bonds is 4. The van der Waals surface area contributed by atoms with Gasteiger partial charge in [0.15, 0.2) is 0 Å². The second-order valence-corrected chi connectivity index (χ2v) is 6.52. The zero-order valence-corrected chi connectivity index (χ0v) is 15.9. The average Bonchev–Trinajstić information content (AvgIpc) is 2.67. The number of nitrogens with zero attached hydrogens (tertiary/aromatic N) is 1. The molecule has 1 aliphatic rings. The zero-order chi connectivity index (χ0) is 21.0. The third-order valence-corrected chi connectivity index (χ3v) is 4.43. The van der Waals surface area contributed by atoms with Crippen LogP contribution in [0.1, 0.15) is 12.5 Å². The number of allylic oxidation sites excluding steroid dienone is 2. The average molecular weight is 399 g/mol. The summed E-state index contributed by atoms with van der Waals surface area (Å²) in [5.74, 6) is -2.21. The third kappa shape index (κ3) is 4.87. The van der Waals surface area contributed by atoms with Gasteiger partial charge in [-0.1, -0.05) is 24.3 Å². The van der Waals surface area contributed by atoms with Crippen molar-refractivity contribution in [3.8, 4) is 5.75 Å². The number of hydrogen-bond acceptors (Lipinski definition) is 4. The lowest BCUT2D eigenvalue weighted by molar-refractivity contribution is -0.136. The summed E-state index contributed by atoms with van der Waals surface area (Å²) < 4.78 is 37.2. The number of amides is 1. The topological polar surface area (TPSA) is 55.8 Å². The van der Waals surface area contributed by atoms with Gasteiger partial charge in [-0.05, 0) is 43.2 Å². The van der Waals surface area contributed by atoms with E-state index < -0.39 is 29.6 Å². The minimum atomic E-state index is -0.701. The highest BCUT2D eigenvalue weighted by atomic mass is 19.1. The van der Waals surface area contributed by atoms with Crippen molar-refractivity contribution >= 4 is 12.1 Å². The highest BCUT2D eigenvalue weighted by Crippen LogP contribution is 2.29. The van der Waals surface area contributed by atoms with Gasteiger partial charge >= 0.3 is 12.1 Å². The van der Waals surface area contributed by atoms with Gasteiger partial charge in [-0.3, -0.25) is 4.90 Å². The van der Waals surface area contributed by atoms with E-state index in [-0.39, 0.29) is 12.0 Å². The first-order valence-corrected chi connectivity index (χ1v) is 8.87. The van der Waals surface area contributed by atoms with E-state index in [4.69, 9.17) is 9.47 Å². The predicted molar refractivity (Wildman–Crippen MR) is 102 cm³/mol. The summed E-state index contributed by atoms with van der Waals surface area (Å²) in [6.45, 7) is 1.68. The van der Waals surface area contributed by atoms with E-state index >= 15 is 0 Å².